The molecule has 24 heavy (non-hydrogen) atoms. The zero-order chi connectivity index (χ0) is 17.1. The molecule has 0 saturated heterocycles. The maximum absolute atomic E-state index is 11.7. The van der Waals surface area contributed by atoms with Crippen LogP contribution in [0.3, 0.4) is 0 Å². The number of nitrogens with one attached hydrogen (secondary N) is 2. The third kappa shape index (κ3) is 3.12. The molecular formula is C16H19N7O. The minimum absolute atomic E-state index is 0.0743. The molecule has 0 aliphatic heterocycles. The van der Waals surface area contributed by atoms with Crippen LogP contribution in [0.5, 0.6) is 0 Å². The molecular weight excluding hydrogens is 306 g/mol. The van der Waals surface area contributed by atoms with E-state index < -0.39 is 0 Å². The predicted octanol–water partition coefficient (Wildman–Crippen LogP) is 1.31. The van der Waals surface area contributed by atoms with Crippen LogP contribution >= 0.6 is 0 Å². The van der Waals surface area contributed by atoms with E-state index in [0.717, 1.165) is 10.9 Å². The summed E-state index contributed by atoms with van der Waals surface area (Å²) in [7, 11) is 1.80. The SMILES string of the molecule is CCNC(=O)c1ccc(CNc2nc(N)c3cnn(C)c3n2)cc1. The van der Waals surface area contributed by atoms with Crippen LogP contribution in [0.15, 0.2) is 30.5 Å². The van der Waals surface area contributed by atoms with Gasteiger partial charge >= 0.3 is 0 Å². The van der Waals surface area contributed by atoms with Crippen molar-refractivity contribution in [3.63, 3.8) is 0 Å². The number of anilines is 2. The lowest BCUT2D eigenvalue weighted by atomic mass is 10.1. The second-order valence-corrected chi connectivity index (χ2v) is 5.35. The average Bonchev–Trinajstić information content (AvgIpc) is 2.95. The van der Waals surface area contributed by atoms with E-state index >= 15 is 0 Å². The lowest BCUT2D eigenvalue weighted by Gasteiger charge is -2.07. The summed E-state index contributed by atoms with van der Waals surface area (Å²) < 4.78 is 1.65. The summed E-state index contributed by atoms with van der Waals surface area (Å²) in [4.78, 5) is 20.4. The Bertz CT molecular complexity index is 870. The minimum Gasteiger partial charge on any atom is -0.383 e. The Morgan fingerprint density at radius 2 is 2.00 bits per heavy atom. The van der Waals surface area contributed by atoms with Gasteiger partial charge in [-0.25, -0.2) is 0 Å². The van der Waals surface area contributed by atoms with Gasteiger partial charge in [0.1, 0.15) is 5.82 Å². The van der Waals surface area contributed by atoms with Gasteiger partial charge in [0.25, 0.3) is 5.91 Å². The summed E-state index contributed by atoms with van der Waals surface area (Å²) in [5.41, 5.74) is 8.26. The summed E-state index contributed by atoms with van der Waals surface area (Å²) in [6.45, 7) is 3.02. The van der Waals surface area contributed by atoms with Crippen molar-refractivity contribution in [2.24, 2.45) is 7.05 Å². The number of hydrogen-bond acceptors (Lipinski definition) is 6. The number of fused-ring (bicyclic) bond motifs is 1. The second kappa shape index (κ2) is 6.53. The van der Waals surface area contributed by atoms with E-state index in [4.69, 9.17) is 5.73 Å². The Hall–Kier alpha value is -3.16. The molecule has 8 heteroatoms. The van der Waals surface area contributed by atoms with Crippen LogP contribution in [0.4, 0.5) is 11.8 Å². The predicted molar refractivity (Wildman–Crippen MR) is 92.5 cm³/mol. The van der Waals surface area contributed by atoms with E-state index in [1.807, 2.05) is 19.1 Å². The van der Waals surface area contributed by atoms with Crippen molar-refractivity contribution in [3.05, 3.63) is 41.6 Å². The van der Waals surface area contributed by atoms with Crippen LogP contribution < -0.4 is 16.4 Å². The molecule has 124 valence electrons. The molecule has 0 radical (unpaired) electrons. The van der Waals surface area contributed by atoms with Crippen molar-refractivity contribution in [1.82, 2.24) is 25.1 Å². The lowest BCUT2D eigenvalue weighted by molar-refractivity contribution is 0.0956. The molecule has 0 aliphatic carbocycles. The zero-order valence-electron chi connectivity index (χ0n) is 13.6. The normalized spacial score (nSPS) is 10.8. The molecule has 4 N–H and O–H groups in total. The van der Waals surface area contributed by atoms with Gasteiger partial charge in [0, 0.05) is 25.7 Å². The lowest BCUT2D eigenvalue weighted by Crippen LogP contribution is -2.22. The van der Waals surface area contributed by atoms with E-state index in [-0.39, 0.29) is 5.91 Å². The number of nitrogens with two attached hydrogens (primary N) is 1. The first-order valence-corrected chi connectivity index (χ1v) is 7.64. The molecule has 0 aliphatic rings. The van der Waals surface area contributed by atoms with Crippen LogP contribution in [0.2, 0.25) is 0 Å². The molecule has 0 spiro atoms. The van der Waals surface area contributed by atoms with E-state index in [1.54, 1.807) is 30.1 Å². The Labute approximate surface area is 139 Å². The van der Waals surface area contributed by atoms with Crippen molar-refractivity contribution in [2.75, 3.05) is 17.6 Å². The van der Waals surface area contributed by atoms with Gasteiger partial charge in [0.05, 0.1) is 11.6 Å². The number of amides is 1. The van der Waals surface area contributed by atoms with Crippen LogP contribution in [-0.4, -0.2) is 32.2 Å². The van der Waals surface area contributed by atoms with Crippen molar-refractivity contribution < 1.29 is 4.79 Å². The Morgan fingerprint density at radius 3 is 2.71 bits per heavy atom. The van der Waals surface area contributed by atoms with Crippen LogP contribution in [0.1, 0.15) is 22.8 Å². The van der Waals surface area contributed by atoms with Gasteiger partial charge in [-0.05, 0) is 24.6 Å². The van der Waals surface area contributed by atoms with Gasteiger partial charge in [-0.2, -0.15) is 15.1 Å². The molecule has 1 amide bonds. The highest BCUT2D eigenvalue weighted by Gasteiger charge is 2.09. The first-order chi connectivity index (χ1) is 11.6. The van der Waals surface area contributed by atoms with Gasteiger partial charge in [0.2, 0.25) is 5.95 Å². The standard InChI is InChI=1S/C16H19N7O/c1-3-18-15(24)11-6-4-10(5-7-11)8-19-16-21-13(17)12-9-20-23(2)14(12)22-16/h4-7,9H,3,8H2,1-2H3,(H,18,24)(H3,17,19,21,22). The molecule has 3 rings (SSSR count). The highest BCUT2D eigenvalue weighted by molar-refractivity contribution is 5.94. The number of carbonyl (C=O) groups excluding carboxylic acids is 1. The number of nitrogen functional groups attached to an aromatic ring is 1. The number of aromatic nitrogens is 4. The fourth-order valence-corrected chi connectivity index (χ4v) is 2.34. The molecule has 0 unspecified atom stereocenters. The fourth-order valence-electron chi connectivity index (χ4n) is 2.34. The Morgan fingerprint density at radius 1 is 1.25 bits per heavy atom. The van der Waals surface area contributed by atoms with E-state index in [2.05, 4.69) is 25.7 Å². The third-order valence-electron chi connectivity index (χ3n) is 3.63. The maximum atomic E-state index is 11.7. The summed E-state index contributed by atoms with van der Waals surface area (Å²) in [6.07, 6.45) is 1.65. The molecule has 2 aromatic heterocycles. The van der Waals surface area contributed by atoms with Gasteiger partial charge in [0.15, 0.2) is 5.65 Å². The molecule has 0 bridgehead atoms. The first kappa shape index (κ1) is 15.7. The van der Waals surface area contributed by atoms with Gasteiger partial charge < -0.3 is 16.4 Å². The molecule has 2 heterocycles. The molecule has 1 aromatic carbocycles. The average molecular weight is 325 g/mol. The van der Waals surface area contributed by atoms with Crippen molar-refractivity contribution in [1.29, 1.82) is 0 Å². The highest BCUT2D eigenvalue weighted by Crippen LogP contribution is 2.18. The number of rotatable bonds is 5. The van der Waals surface area contributed by atoms with Crippen molar-refractivity contribution in [2.45, 2.75) is 13.5 Å². The number of carbonyl (C=O) groups is 1. The van der Waals surface area contributed by atoms with E-state index in [1.165, 1.54) is 0 Å². The monoisotopic (exact) mass is 325 g/mol. The summed E-state index contributed by atoms with van der Waals surface area (Å²) in [5.74, 6) is 0.758. The quantitative estimate of drug-likeness (QED) is 0.652. The van der Waals surface area contributed by atoms with Gasteiger partial charge in [-0.15, -0.1) is 0 Å². The third-order valence-corrected chi connectivity index (χ3v) is 3.63. The minimum atomic E-state index is -0.0743. The molecule has 8 nitrogen and oxygen atoms in total. The zero-order valence-corrected chi connectivity index (χ0v) is 13.6. The van der Waals surface area contributed by atoms with Crippen LogP contribution in [0, 0.1) is 0 Å². The van der Waals surface area contributed by atoms with Gasteiger partial charge in [-0.3, -0.25) is 9.48 Å². The highest BCUT2D eigenvalue weighted by atomic mass is 16.1. The van der Waals surface area contributed by atoms with Crippen LogP contribution in [0.25, 0.3) is 11.0 Å². The summed E-state index contributed by atoms with van der Waals surface area (Å²) in [6, 6.07) is 7.37. The van der Waals surface area contributed by atoms with Gasteiger partial charge in [-0.1, -0.05) is 12.1 Å². The number of aryl methyl sites for hydroxylation is 1. The number of nitrogens with zero attached hydrogens (tertiary/aromatic N) is 4. The molecule has 0 saturated carbocycles. The second-order valence-electron chi connectivity index (χ2n) is 5.35. The maximum Gasteiger partial charge on any atom is 0.251 e. The van der Waals surface area contributed by atoms with E-state index in [0.29, 0.717) is 36.1 Å². The molecule has 0 atom stereocenters. The van der Waals surface area contributed by atoms with Crippen molar-refractivity contribution in [3.8, 4) is 0 Å². The number of benzene rings is 1. The Balaban J connectivity index is 1.71. The van der Waals surface area contributed by atoms with E-state index in [9.17, 15) is 4.79 Å². The molecule has 3 aromatic rings. The molecule has 0 fully saturated rings. The fraction of sp³-hybridized carbons (Fsp3) is 0.250. The first-order valence-electron chi connectivity index (χ1n) is 7.64. The topological polar surface area (TPSA) is 111 Å². The van der Waals surface area contributed by atoms with Crippen molar-refractivity contribution >= 4 is 28.7 Å². The largest absolute Gasteiger partial charge is 0.383 e. The Kier molecular flexibility index (Phi) is 4.28. The van der Waals surface area contributed by atoms with Crippen LogP contribution in [-0.2, 0) is 13.6 Å². The smallest absolute Gasteiger partial charge is 0.251 e. The number of hydrogen-bond donors (Lipinski definition) is 3. The summed E-state index contributed by atoms with van der Waals surface area (Å²) >= 11 is 0. The summed E-state index contributed by atoms with van der Waals surface area (Å²) in [5, 5.41) is 10.8.